The highest BCUT2D eigenvalue weighted by atomic mass is 19.1. The van der Waals surface area contributed by atoms with E-state index in [2.05, 4.69) is 0 Å². The molecule has 116 valence electrons. The molecule has 0 radical (unpaired) electrons. The monoisotopic (exact) mass is 309 g/mol. The van der Waals surface area contributed by atoms with E-state index in [1.807, 2.05) is 0 Å². The molecule has 1 aromatic carbocycles. The lowest BCUT2D eigenvalue weighted by Crippen LogP contribution is -2.20. The van der Waals surface area contributed by atoms with Crippen LogP contribution in [-0.4, -0.2) is 28.9 Å². The van der Waals surface area contributed by atoms with Crippen LogP contribution >= 0.6 is 0 Å². The van der Waals surface area contributed by atoms with Gasteiger partial charge in [-0.15, -0.1) is 0 Å². The molecular formula is C15H13F2NO4. The Labute approximate surface area is 123 Å². The lowest BCUT2D eigenvalue weighted by atomic mass is 10.1. The summed E-state index contributed by atoms with van der Waals surface area (Å²) in [6.45, 7) is 1.48. The Balaban J connectivity index is 2.50. The fourth-order valence-electron chi connectivity index (χ4n) is 2.65. The average Bonchev–Trinajstić information content (AvgIpc) is 3.18. The third kappa shape index (κ3) is 1.96. The van der Waals surface area contributed by atoms with Crippen LogP contribution in [0.25, 0.3) is 10.9 Å². The maximum Gasteiger partial charge on any atom is 0.341 e. The minimum atomic E-state index is -1.43. The minimum Gasteiger partial charge on any atom is -0.494 e. The summed E-state index contributed by atoms with van der Waals surface area (Å²) in [5, 5.41) is 9.01. The van der Waals surface area contributed by atoms with Crippen LogP contribution in [0.4, 0.5) is 8.78 Å². The van der Waals surface area contributed by atoms with Gasteiger partial charge in [-0.2, -0.15) is 0 Å². The van der Waals surface area contributed by atoms with Gasteiger partial charge in [-0.05, 0) is 13.0 Å². The lowest BCUT2D eigenvalue weighted by molar-refractivity contribution is 0.0694. The Kier molecular flexibility index (Phi) is 3.16. The lowest BCUT2D eigenvalue weighted by Gasteiger charge is -2.16. The zero-order chi connectivity index (χ0) is 16.2. The van der Waals surface area contributed by atoms with E-state index in [9.17, 15) is 18.4 Å². The van der Waals surface area contributed by atoms with Crippen molar-refractivity contribution in [2.75, 3.05) is 7.11 Å². The molecule has 2 aromatic rings. The number of benzene rings is 1. The zero-order valence-corrected chi connectivity index (χ0v) is 11.9. The van der Waals surface area contributed by atoms with Crippen LogP contribution in [0.2, 0.25) is 0 Å². The van der Waals surface area contributed by atoms with Gasteiger partial charge in [0, 0.05) is 18.2 Å². The maximum atomic E-state index is 14.0. The first-order valence-corrected chi connectivity index (χ1v) is 6.66. The summed E-state index contributed by atoms with van der Waals surface area (Å²) < 4.78 is 34.0. The van der Waals surface area contributed by atoms with E-state index in [0.717, 1.165) is 12.3 Å². The summed E-state index contributed by atoms with van der Waals surface area (Å²) in [4.78, 5) is 23.5. The number of carboxylic acids is 1. The van der Waals surface area contributed by atoms with Gasteiger partial charge in [0.1, 0.15) is 23.3 Å². The van der Waals surface area contributed by atoms with Crippen molar-refractivity contribution in [1.82, 2.24) is 4.57 Å². The average molecular weight is 309 g/mol. The number of hydrogen-bond donors (Lipinski definition) is 1. The first-order chi connectivity index (χ1) is 10.4. The number of methoxy groups -OCH3 is 1. The number of alkyl halides is 1. The molecule has 2 atom stereocenters. The second-order valence-electron chi connectivity index (χ2n) is 5.32. The SMILES string of the molecule is COc1c(C)c(F)cc2c(=O)c(C(=O)O)cn(C3CC3F)c12. The quantitative estimate of drug-likeness (QED) is 0.945. The summed E-state index contributed by atoms with van der Waals surface area (Å²) in [7, 11) is 1.32. The summed E-state index contributed by atoms with van der Waals surface area (Å²) in [5.41, 5.74) is -0.923. The second kappa shape index (κ2) is 4.79. The van der Waals surface area contributed by atoms with Gasteiger partial charge in [0.2, 0.25) is 5.43 Å². The Bertz CT molecular complexity index is 859. The van der Waals surface area contributed by atoms with Crippen molar-refractivity contribution >= 4 is 16.9 Å². The highest BCUT2D eigenvalue weighted by Crippen LogP contribution is 2.43. The number of hydrogen-bond acceptors (Lipinski definition) is 3. The summed E-state index contributed by atoms with van der Waals surface area (Å²) in [6.07, 6.45) is 0.204. The van der Waals surface area contributed by atoms with Crippen molar-refractivity contribution in [1.29, 1.82) is 0 Å². The number of carbonyl (C=O) groups is 1. The van der Waals surface area contributed by atoms with Gasteiger partial charge >= 0.3 is 5.97 Å². The zero-order valence-electron chi connectivity index (χ0n) is 11.9. The van der Waals surface area contributed by atoms with Crippen molar-refractivity contribution in [3.05, 3.63) is 39.4 Å². The van der Waals surface area contributed by atoms with Crippen LogP contribution in [0.5, 0.6) is 5.75 Å². The van der Waals surface area contributed by atoms with Crippen molar-refractivity contribution < 1.29 is 23.4 Å². The smallest absolute Gasteiger partial charge is 0.341 e. The summed E-state index contributed by atoms with van der Waals surface area (Å²) in [6, 6.07) is 0.411. The van der Waals surface area contributed by atoms with E-state index in [4.69, 9.17) is 9.84 Å². The van der Waals surface area contributed by atoms with Gasteiger partial charge in [-0.1, -0.05) is 0 Å². The minimum absolute atomic E-state index is 0.114. The Hall–Kier alpha value is -2.44. The second-order valence-corrected chi connectivity index (χ2v) is 5.32. The fraction of sp³-hybridized carbons (Fsp3) is 0.333. The molecule has 1 saturated carbocycles. The largest absolute Gasteiger partial charge is 0.494 e. The van der Waals surface area contributed by atoms with Gasteiger partial charge in [0.25, 0.3) is 0 Å². The van der Waals surface area contributed by atoms with Crippen molar-refractivity contribution in [2.24, 2.45) is 0 Å². The van der Waals surface area contributed by atoms with E-state index in [-0.39, 0.29) is 28.6 Å². The molecule has 0 saturated heterocycles. The van der Waals surface area contributed by atoms with Crippen molar-refractivity contribution in [2.45, 2.75) is 25.6 Å². The first-order valence-electron chi connectivity index (χ1n) is 6.66. The molecule has 1 heterocycles. The number of rotatable bonds is 3. The molecule has 0 aliphatic heterocycles. The van der Waals surface area contributed by atoms with Gasteiger partial charge in [-0.25, -0.2) is 13.6 Å². The van der Waals surface area contributed by atoms with Crippen LogP contribution in [0, 0.1) is 12.7 Å². The Morgan fingerprint density at radius 3 is 2.64 bits per heavy atom. The van der Waals surface area contributed by atoms with Crippen LogP contribution in [0.1, 0.15) is 28.4 Å². The van der Waals surface area contributed by atoms with Gasteiger partial charge < -0.3 is 14.4 Å². The molecule has 0 amide bonds. The number of carboxylic acid groups (broad SMARTS) is 1. The number of halogens is 2. The molecule has 1 aliphatic carbocycles. The number of aromatic nitrogens is 1. The molecule has 5 nitrogen and oxygen atoms in total. The Morgan fingerprint density at radius 1 is 1.50 bits per heavy atom. The molecule has 0 spiro atoms. The van der Waals surface area contributed by atoms with E-state index in [0.29, 0.717) is 0 Å². The van der Waals surface area contributed by atoms with Gasteiger partial charge in [-0.3, -0.25) is 4.79 Å². The molecule has 22 heavy (non-hydrogen) atoms. The van der Waals surface area contributed by atoms with Crippen LogP contribution < -0.4 is 10.2 Å². The van der Waals surface area contributed by atoms with E-state index in [1.54, 1.807) is 0 Å². The highest BCUT2D eigenvalue weighted by molar-refractivity contribution is 5.95. The highest BCUT2D eigenvalue weighted by Gasteiger charge is 2.40. The number of aromatic carboxylic acids is 1. The molecule has 0 bridgehead atoms. The first kappa shape index (κ1) is 14.5. The third-order valence-electron chi connectivity index (χ3n) is 3.93. The van der Waals surface area contributed by atoms with Crippen LogP contribution in [0.3, 0.4) is 0 Å². The predicted octanol–water partition coefficient (Wildman–Crippen LogP) is 2.44. The maximum absolute atomic E-state index is 14.0. The molecule has 1 aliphatic rings. The van der Waals surface area contributed by atoms with Crippen molar-refractivity contribution in [3.63, 3.8) is 0 Å². The van der Waals surface area contributed by atoms with E-state index >= 15 is 0 Å². The molecule has 2 unspecified atom stereocenters. The number of nitrogens with zero attached hydrogens (tertiary/aromatic N) is 1. The van der Waals surface area contributed by atoms with E-state index < -0.39 is 35.0 Å². The van der Waals surface area contributed by atoms with Crippen molar-refractivity contribution in [3.8, 4) is 5.75 Å². The molecule has 1 aromatic heterocycles. The summed E-state index contributed by atoms with van der Waals surface area (Å²) in [5.74, 6) is -2.00. The van der Waals surface area contributed by atoms with Gasteiger partial charge in [0.05, 0.1) is 24.1 Å². The third-order valence-corrected chi connectivity index (χ3v) is 3.93. The number of pyridine rings is 1. The number of ether oxygens (including phenoxy) is 1. The molecule has 3 rings (SSSR count). The topological polar surface area (TPSA) is 68.5 Å². The summed E-state index contributed by atoms with van der Waals surface area (Å²) >= 11 is 0. The van der Waals surface area contributed by atoms with Gasteiger partial charge in [0.15, 0.2) is 0 Å². The standard InChI is InChI=1S/C15H13F2NO4/c1-6-9(16)3-7-12(14(6)22-2)18(11-4-10(11)17)5-8(13(7)19)15(20)21/h3,5,10-11H,4H2,1-2H3,(H,20,21). The van der Waals surface area contributed by atoms with Crippen LogP contribution in [0.15, 0.2) is 17.1 Å². The van der Waals surface area contributed by atoms with E-state index in [1.165, 1.54) is 18.6 Å². The molecule has 1 N–H and O–H groups in total. The number of fused-ring (bicyclic) bond motifs is 1. The predicted molar refractivity (Wildman–Crippen MR) is 75.0 cm³/mol. The Morgan fingerprint density at radius 2 is 2.14 bits per heavy atom. The molecule has 7 heteroatoms. The molecular weight excluding hydrogens is 296 g/mol. The molecule has 1 fully saturated rings. The normalized spacial score (nSPS) is 20.2. The fourth-order valence-corrected chi connectivity index (χ4v) is 2.65. The van der Waals surface area contributed by atoms with Crippen LogP contribution in [-0.2, 0) is 0 Å².